The first-order valence-corrected chi connectivity index (χ1v) is 7.17. The molecule has 0 fully saturated rings. The average molecular weight is 304 g/mol. The molecule has 0 spiro atoms. The quantitative estimate of drug-likeness (QED) is 0.824. The highest BCUT2D eigenvalue weighted by atomic mass is 35.5. The molecule has 0 bridgehead atoms. The zero-order valence-electron chi connectivity index (χ0n) is 11.8. The second-order valence-corrected chi connectivity index (χ2v) is 5.12. The minimum absolute atomic E-state index is 0.191. The molecule has 5 heteroatoms. The topological polar surface area (TPSA) is 58.4 Å². The molecular formula is C16H18ClN3O. The van der Waals surface area contributed by atoms with Gasteiger partial charge < -0.3 is 11.1 Å². The average Bonchev–Trinajstić information content (AvgIpc) is 2.46. The van der Waals surface area contributed by atoms with Gasteiger partial charge in [0.05, 0.1) is 0 Å². The standard InChI is InChI=1S/C16H18ClN3O/c1-2-10-20(15-8-6-13(18)7-9-15)16(21)19-14-5-3-4-12(17)11-14/h3-9,11H,2,10,18H2,1H3,(H,19,21). The number of benzene rings is 2. The van der Waals surface area contributed by atoms with Crippen LogP contribution < -0.4 is 16.0 Å². The number of nitrogen functional groups attached to an aromatic ring is 1. The Morgan fingerprint density at radius 3 is 2.57 bits per heavy atom. The molecule has 110 valence electrons. The highest BCUT2D eigenvalue weighted by Crippen LogP contribution is 2.20. The van der Waals surface area contributed by atoms with Gasteiger partial charge in [0.15, 0.2) is 0 Å². The second-order valence-electron chi connectivity index (χ2n) is 4.68. The van der Waals surface area contributed by atoms with E-state index in [0.29, 0.717) is 22.9 Å². The van der Waals surface area contributed by atoms with Crippen LogP contribution in [0.2, 0.25) is 5.02 Å². The van der Waals surface area contributed by atoms with Crippen molar-refractivity contribution in [3.63, 3.8) is 0 Å². The zero-order valence-corrected chi connectivity index (χ0v) is 12.6. The number of anilines is 3. The fraction of sp³-hybridized carbons (Fsp3) is 0.188. The van der Waals surface area contributed by atoms with Crippen molar-refractivity contribution in [1.82, 2.24) is 0 Å². The third-order valence-electron chi connectivity index (χ3n) is 2.97. The molecule has 0 aliphatic heterocycles. The lowest BCUT2D eigenvalue weighted by Gasteiger charge is -2.23. The number of nitrogens with zero attached hydrogens (tertiary/aromatic N) is 1. The summed E-state index contributed by atoms with van der Waals surface area (Å²) in [7, 11) is 0. The lowest BCUT2D eigenvalue weighted by Crippen LogP contribution is -2.35. The highest BCUT2D eigenvalue weighted by molar-refractivity contribution is 6.30. The fourth-order valence-electron chi connectivity index (χ4n) is 1.98. The number of hydrogen-bond donors (Lipinski definition) is 2. The van der Waals surface area contributed by atoms with E-state index in [-0.39, 0.29) is 6.03 Å². The zero-order chi connectivity index (χ0) is 15.2. The number of urea groups is 1. The van der Waals surface area contributed by atoms with Crippen molar-refractivity contribution in [2.24, 2.45) is 0 Å². The monoisotopic (exact) mass is 303 g/mol. The molecular weight excluding hydrogens is 286 g/mol. The molecule has 0 atom stereocenters. The molecule has 2 aromatic rings. The second kappa shape index (κ2) is 6.99. The summed E-state index contributed by atoms with van der Waals surface area (Å²) in [5.74, 6) is 0. The molecule has 0 saturated heterocycles. The Kier molecular flexibility index (Phi) is 5.06. The number of nitrogens with one attached hydrogen (secondary N) is 1. The third-order valence-corrected chi connectivity index (χ3v) is 3.21. The molecule has 2 rings (SSSR count). The van der Waals surface area contributed by atoms with E-state index in [2.05, 4.69) is 5.32 Å². The van der Waals surface area contributed by atoms with Crippen molar-refractivity contribution in [2.45, 2.75) is 13.3 Å². The van der Waals surface area contributed by atoms with Gasteiger partial charge in [0.25, 0.3) is 0 Å². The Balaban J connectivity index is 2.17. The van der Waals surface area contributed by atoms with Gasteiger partial charge in [-0.25, -0.2) is 4.79 Å². The number of amides is 2. The van der Waals surface area contributed by atoms with Crippen LogP contribution in [0.4, 0.5) is 21.9 Å². The van der Waals surface area contributed by atoms with Crippen molar-refractivity contribution >= 4 is 34.7 Å². The molecule has 0 saturated carbocycles. The van der Waals surface area contributed by atoms with E-state index in [0.717, 1.165) is 12.1 Å². The van der Waals surface area contributed by atoms with Gasteiger partial charge in [-0.2, -0.15) is 0 Å². The largest absolute Gasteiger partial charge is 0.399 e. The highest BCUT2D eigenvalue weighted by Gasteiger charge is 2.15. The molecule has 4 nitrogen and oxygen atoms in total. The Hall–Kier alpha value is -2.20. The molecule has 2 aromatic carbocycles. The lowest BCUT2D eigenvalue weighted by atomic mass is 10.2. The minimum atomic E-state index is -0.191. The molecule has 2 amide bonds. The van der Waals surface area contributed by atoms with Gasteiger partial charge in [-0.3, -0.25) is 4.90 Å². The van der Waals surface area contributed by atoms with Crippen LogP contribution >= 0.6 is 11.6 Å². The van der Waals surface area contributed by atoms with Crippen LogP contribution in [0.25, 0.3) is 0 Å². The predicted molar refractivity (Wildman–Crippen MR) is 89.0 cm³/mol. The van der Waals surface area contributed by atoms with Crippen LogP contribution in [0, 0.1) is 0 Å². The van der Waals surface area contributed by atoms with Gasteiger partial charge in [-0.05, 0) is 48.9 Å². The molecule has 0 unspecified atom stereocenters. The number of carbonyl (C=O) groups excluding carboxylic acids is 1. The molecule has 0 aliphatic carbocycles. The normalized spacial score (nSPS) is 10.2. The van der Waals surface area contributed by atoms with Gasteiger partial charge in [0.2, 0.25) is 0 Å². The van der Waals surface area contributed by atoms with E-state index in [1.165, 1.54) is 0 Å². The van der Waals surface area contributed by atoms with E-state index in [1.54, 1.807) is 41.3 Å². The van der Waals surface area contributed by atoms with Gasteiger partial charge >= 0.3 is 6.03 Å². The van der Waals surface area contributed by atoms with E-state index in [1.807, 2.05) is 19.1 Å². The Labute approximate surface area is 129 Å². The third kappa shape index (κ3) is 4.13. The Morgan fingerprint density at radius 2 is 1.95 bits per heavy atom. The maximum atomic E-state index is 12.4. The molecule has 3 N–H and O–H groups in total. The van der Waals surface area contributed by atoms with Gasteiger partial charge in [-0.15, -0.1) is 0 Å². The Bertz CT molecular complexity index is 613. The van der Waals surface area contributed by atoms with Gasteiger partial charge in [0.1, 0.15) is 0 Å². The first-order valence-electron chi connectivity index (χ1n) is 6.80. The van der Waals surface area contributed by atoms with Crippen LogP contribution in [-0.2, 0) is 0 Å². The molecule has 0 aliphatic rings. The lowest BCUT2D eigenvalue weighted by molar-refractivity contribution is 0.257. The van der Waals surface area contributed by atoms with Crippen molar-refractivity contribution in [1.29, 1.82) is 0 Å². The van der Waals surface area contributed by atoms with E-state index in [9.17, 15) is 4.79 Å². The van der Waals surface area contributed by atoms with Crippen molar-refractivity contribution in [3.8, 4) is 0 Å². The first-order chi connectivity index (χ1) is 10.1. The SMILES string of the molecule is CCCN(C(=O)Nc1cccc(Cl)c1)c1ccc(N)cc1. The summed E-state index contributed by atoms with van der Waals surface area (Å²) in [6.45, 7) is 2.65. The summed E-state index contributed by atoms with van der Waals surface area (Å²) in [6, 6.07) is 14.1. The fourth-order valence-corrected chi connectivity index (χ4v) is 2.17. The van der Waals surface area contributed by atoms with Crippen molar-refractivity contribution in [2.75, 3.05) is 22.5 Å². The van der Waals surface area contributed by atoms with Gasteiger partial charge in [0, 0.05) is 28.6 Å². The summed E-state index contributed by atoms with van der Waals surface area (Å²) in [6.07, 6.45) is 0.855. The molecule has 0 aromatic heterocycles. The van der Waals surface area contributed by atoms with E-state index < -0.39 is 0 Å². The van der Waals surface area contributed by atoms with Crippen LogP contribution in [-0.4, -0.2) is 12.6 Å². The minimum Gasteiger partial charge on any atom is -0.399 e. The maximum Gasteiger partial charge on any atom is 0.326 e. The number of rotatable bonds is 4. The van der Waals surface area contributed by atoms with Crippen molar-refractivity contribution in [3.05, 3.63) is 53.6 Å². The van der Waals surface area contributed by atoms with Crippen molar-refractivity contribution < 1.29 is 4.79 Å². The Morgan fingerprint density at radius 1 is 1.24 bits per heavy atom. The van der Waals surface area contributed by atoms with Crippen LogP contribution in [0.1, 0.15) is 13.3 Å². The number of halogens is 1. The van der Waals surface area contributed by atoms with Gasteiger partial charge in [-0.1, -0.05) is 24.6 Å². The molecule has 0 radical (unpaired) electrons. The predicted octanol–water partition coefficient (Wildman–Crippen LogP) is 4.37. The van der Waals surface area contributed by atoms with E-state index >= 15 is 0 Å². The number of carbonyl (C=O) groups is 1. The maximum absolute atomic E-state index is 12.4. The first kappa shape index (κ1) is 15.2. The van der Waals surface area contributed by atoms with E-state index in [4.69, 9.17) is 17.3 Å². The summed E-state index contributed by atoms with van der Waals surface area (Å²) in [4.78, 5) is 14.1. The van der Waals surface area contributed by atoms with Crippen LogP contribution in [0.5, 0.6) is 0 Å². The summed E-state index contributed by atoms with van der Waals surface area (Å²) < 4.78 is 0. The summed E-state index contributed by atoms with van der Waals surface area (Å²) in [5.41, 5.74) is 7.84. The number of hydrogen-bond acceptors (Lipinski definition) is 2. The smallest absolute Gasteiger partial charge is 0.326 e. The molecule has 21 heavy (non-hydrogen) atoms. The van der Waals surface area contributed by atoms with Crippen LogP contribution in [0.3, 0.4) is 0 Å². The number of nitrogens with two attached hydrogens (primary N) is 1. The molecule has 0 heterocycles. The summed E-state index contributed by atoms with van der Waals surface area (Å²) in [5, 5.41) is 3.44. The summed E-state index contributed by atoms with van der Waals surface area (Å²) >= 11 is 5.92. The van der Waals surface area contributed by atoms with Crippen LogP contribution in [0.15, 0.2) is 48.5 Å².